The van der Waals surface area contributed by atoms with Crippen LogP contribution >= 0.6 is 0 Å². The molecule has 0 heterocycles. The van der Waals surface area contributed by atoms with Crippen LogP contribution < -0.4 is 0 Å². The molecule has 2 nitrogen and oxygen atoms in total. The molecule has 21 heavy (non-hydrogen) atoms. The molecule has 0 aromatic rings. The van der Waals surface area contributed by atoms with Crippen LogP contribution in [0.1, 0.15) is 72.6 Å². The van der Waals surface area contributed by atoms with Crippen molar-refractivity contribution in [2.45, 2.75) is 72.6 Å². The molecule has 0 aromatic carbocycles. The van der Waals surface area contributed by atoms with Crippen LogP contribution in [0.3, 0.4) is 0 Å². The minimum Gasteiger partial charge on any atom is -0.466 e. The number of methoxy groups -OCH3 is 1. The molecular formula is C19H32O2. The first-order chi connectivity index (χ1) is 10.1. The van der Waals surface area contributed by atoms with E-state index in [1.165, 1.54) is 25.5 Å². The van der Waals surface area contributed by atoms with E-state index in [9.17, 15) is 4.79 Å². The molecule has 0 amide bonds. The SMILES string of the molecule is CCC(=CCC/C(=C/CC/C(C)=C/C(=O)OC)CC)CC. The van der Waals surface area contributed by atoms with Crippen LogP contribution in [0.5, 0.6) is 0 Å². The van der Waals surface area contributed by atoms with Crippen LogP contribution in [0.2, 0.25) is 0 Å². The molecule has 0 aromatic heterocycles. The van der Waals surface area contributed by atoms with Gasteiger partial charge in [-0.2, -0.15) is 0 Å². The highest BCUT2D eigenvalue weighted by molar-refractivity contribution is 5.82. The fourth-order valence-corrected chi connectivity index (χ4v) is 2.26. The number of carbonyl (C=O) groups excluding carboxylic acids is 1. The summed E-state index contributed by atoms with van der Waals surface area (Å²) in [6.45, 7) is 8.64. The van der Waals surface area contributed by atoms with Crippen molar-refractivity contribution in [1.29, 1.82) is 0 Å². The summed E-state index contributed by atoms with van der Waals surface area (Å²) in [7, 11) is 1.41. The summed E-state index contributed by atoms with van der Waals surface area (Å²) in [5.41, 5.74) is 4.15. The number of hydrogen-bond acceptors (Lipinski definition) is 2. The Morgan fingerprint density at radius 1 is 0.905 bits per heavy atom. The third-order valence-corrected chi connectivity index (χ3v) is 3.80. The lowest BCUT2D eigenvalue weighted by atomic mass is 10.0. The smallest absolute Gasteiger partial charge is 0.330 e. The van der Waals surface area contributed by atoms with Crippen molar-refractivity contribution >= 4 is 5.97 Å². The van der Waals surface area contributed by atoms with E-state index in [0.29, 0.717) is 0 Å². The Hall–Kier alpha value is -1.31. The van der Waals surface area contributed by atoms with Crippen molar-refractivity contribution in [1.82, 2.24) is 0 Å². The number of rotatable bonds is 10. The van der Waals surface area contributed by atoms with Gasteiger partial charge in [0.05, 0.1) is 7.11 Å². The highest BCUT2D eigenvalue weighted by Crippen LogP contribution is 2.16. The van der Waals surface area contributed by atoms with Crippen molar-refractivity contribution in [3.8, 4) is 0 Å². The summed E-state index contributed by atoms with van der Waals surface area (Å²) >= 11 is 0. The second-order valence-electron chi connectivity index (χ2n) is 5.38. The van der Waals surface area contributed by atoms with Gasteiger partial charge in [-0.1, -0.05) is 49.6 Å². The van der Waals surface area contributed by atoms with Gasteiger partial charge in [0.15, 0.2) is 0 Å². The van der Waals surface area contributed by atoms with Crippen molar-refractivity contribution in [3.63, 3.8) is 0 Å². The molecule has 0 atom stereocenters. The Bertz CT molecular complexity index is 380. The van der Waals surface area contributed by atoms with E-state index < -0.39 is 0 Å². The second kappa shape index (κ2) is 12.4. The molecule has 0 aliphatic heterocycles. The number of ether oxygens (including phenoxy) is 1. The molecule has 0 fully saturated rings. The Morgan fingerprint density at radius 3 is 1.95 bits per heavy atom. The van der Waals surface area contributed by atoms with E-state index in [4.69, 9.17) is 0 Å². The standard InChI is InChI=1S/C19H32O2/c1-6-17(7-2)12-10-14-18(8-3)13-9-11-16(4)15-19(20)21-5/h12-13,15H,6-11,14H2,1-5H3/b16-15+,18-13+. The van der Waals surface area contributed by atoms with Crippen molar-refractivity contribution in [3.05, 3.63) is 34.9 Å². The third kappa shape index (κ3) is 10.1. The summed E-state index contributed by atoms with van der Waals surface area (Å²) in [5.74, 6) is -0.260. The Morgan fingerprint density at radius 2 is 1.43 bits per heavy atom. The molecule has 0 unspecified atom stereocenters. The van der Waals surface area contributed by atoms with Gasteiger partial charge in [0.2, 0.25) is 0 Å². The van der Waals surface area contributed by atoms with Gasteiger partial charge in [-0.3, -0.25) is 0 Å². The van der Waals surface area contributed by atoms with Gasteiger partial charge in [-0.05, 0) is 51.9 Å². The predicted octanol–water partition coefficient (Wildman–Crippen LogP) is 5.75. The number of allylic oxidation sites excluding steroid dienone is 5. The van der Waals surface area contributed by atoms with E-state index in [0.717, 1.165) is 37.7 Å². The van der Waals surface area contributed by atoms with Gasteiger partial charge >= 0.3 is 5.97 Å². The fraction of sp³-hybridized carbons (Fsp3) is 0.632. The molecule has 0 saturated carbocycles. The van der Waals surface area contributed by atoms with Gasteiger partial charge in [0.1, 0.15) is 0 Å². The first-order valence-electron chi connectivity index (χ1n) is 8.18. The van der Waals surface area contributed by atoms with E-state index >= 15 is 0 Å². The molecule has 0 N–H and O–H groups in total. The molecule has 0 saturated heterocycles. The van der Waals surface area contributed by atoms with Gasteiger partial charge < -0.3 is 4.74 Å². The average molecular weight is 292 g/mol. The number of esters is 1. The molecule has 0 aliphatic carbocycles. The normalized spacial score (nSPS) is 12.2. The van der Waals surface area contributed by atoms with Gasteiger partial charge in [-0.15, -0.1) is 0 Å². The maximum absolute atomic E-state index is 11.1. The zero-order valence-corrected chi connectivity index (χ0v) is 14.5. The number of carbonyl (C=O) groups is 1. The van der Waals surface area contributed by atoms with Crippen LogP contribution in [0.25, 0.3) is 0 Å². The molecule has 2 heteroatoms. The molecule has 0 rings (SSSR count). The van der Waals surface area contributed by atoms with E-state index in [1.54, 1.807) is 11.6 Å². The number of hydrogen-bond donors (Lipinski definition) is 0. The monoisotopic (exact) mass is 292 g/mol. The summed E-state index contributed by atoms with van der Waals surface area (Å²) in [4.78, 5) is 11.1. The van der Waals surface area contributed by atoms with Crippen LogP contribution in [0.15, 0.2) is 34.9 Å². The lowest BCUT2D eigenvalue weighted by molar-refractivity contribution is -0.134. The summed E-state index contributed by atoms with van der Waals surface area (Å²) < 4.78 is 4.63. The molecular weight excluding hydrogens is 260 g/mol. The van der Waals surface area contributed by atoms with Crippen LogP contribution in [0, 0.1) is 0 Å². The van der Waals surface area contributed by atoms with Crippen molar-refractivity contribution in [2.24, 2.45) is 0 Å². The summed E-state index contributed by atoms with van der Waals surface area (Å²) in [6, 6.07) is 0. The lowest BCUT2D eigenvalue weighted by Gasteiger charge is -2.05. The highest BCUT2D eigenvalue weighted by Gasteiger charge is 1.98. The average Bonchev–Trinajstić information content (AvgIpc) is 2.49. The Labute approximate surface area is 131 Å². The quantitative estimate of drug-likeness (QED) is 0.291. The Kier molecular flexibility index (Phi) is 11.7. The van der Waals surface area contributed by atoms with Gasteiger partial charge in [0, 0.05) is 6.08 Å². The van der Waals surface area contributed by atoms with Gasteiger partial charge in [-0.25, -0.2) is 4.79 Å². The minimum atomic E-state index is -0.260. The second-order valence-corrected chi connectivity index (χ2v) is 5.38. The molecule has 0 radical (unpaired) electrons. The van der Waals surface area contributed by atoms with Crippen molar-refractivity contribution < 1.29 is 9.53 Å². The first-order valence-corrected chi connectivity index (χ1v) is 8.18. The molecule has 0 aliphatic rings. The first kappa shape index (κ1) is 19.7. The maximum atomic E-state index is 11.1. The highest BCUT2D eigenvalue weighted by atomic mass is 16.5. The molecule has 0 spiro atoms. The minimum absolute atomic E-state index is 0.260. The summed E-state index contributed by atoms with van der Waals surface area (Å²) in [5, 5.41) is 0. The maximum Gasteiger partial charge on any atom is 0.330 e. The largest absolute Gasteiger partial charge is 0.466 e. The lowest BCUT2D eigenvalue weighted by Crippen LogP contribution is -1.95. The molecule has 120 valence electrons. The van der Waals surface area contributed by atoms with Crippen LogP contribution in [-0.2, 0) is 9.53 Å². The van der Waals surface area contributed by atoms with Crippen LogP contribution in [0.4, 0.5) is 0 Å². The predicted molar refractivity (Wildman–Crippen MR) is 91.3 cm³/mol. The van der Waals surface area contributed by atoms with Gasteiger partial charge in [0.25, 0.3) is 0 Å². The Balaban J connectivity index is 4.26. The topological polar surface area (TPSA) is 26.3 Å². The van der Waals surface area contributed by atoms with E-state index in [2.05, 4.69) is 37.7 Å². The fourth-order valence-electron chi connectivity index (χ4n) is 2.26. The zero-order valence-electron chi connectivity index (χ0n) is 14.5. The molecule has 0 bridgehead atoms. The van der Waals surface area contributed by atoms with E-state index in [1.807, 2.05) is 6.92 Å². The third-order valence-electron chi connectivity index (χ3n) is 3.80. The van der Waals surface area contributed by atoms with Crippen molar-refractivity contribution in [2.75, 3.05) is 7.11 Å². The zero-order chi connectivity index (χ0) is 16.1. The van der Waals surface area contributed by atoms with Crippen LogP contribution in [-0.4, -0.2) is 13.1 Å². The van der Waals surface area contributed by atoms with E-state index in [-0.39, 0.29) is 5.97 Å². The summed E-state index contributed by atoms with van der Waals surface area (Å²) in [6.07, 6.45) is 14.0.